The molecule has 0 N–H and O–H groups in total. The van der Waals surface area contributed by atoms with Crippen LogP contribution in [0.3, 0.4) is 0 Å². The first kappa shape index (κ1) is 25.8. The lowest BCUT2D eigenvalue weighted by atomic mass is 9.65. The first-order valence-electron chi connectivity index (χ1n) is 13.7. The zero-order valence-electron chi connectivity index (χ0n) is 23.0. The van der Waals surface area contributed by atoms with Crippen LogP contribution in [0.5, 0.6) is 0 Å². The fourth-order valence-electron chi connectivity index (χ4n) is 6.75. The molecule has 40 heavy (non-hydrogen) atoms. The summed E-state index contributed by atoms with van der Waals surface area (Å²) in [6.07, 6.45) is 0.906. The van der Waals surface area contributed by atoms with Crippen molar-refractivity contribution in [2.45, 2.75) is 50.6 Å². The van der Waals surface area contributed by atoms with E-state index in [9.17, 15) is 14.4 Å². The number of anilines is 1. The van der Waals surface area contributed by atoms with E-state index in [1.807, 2.05) is 71.6 Å². The number of imide groups is 1. The highest BCUT2D eigenvalue weighted by Crippen LogP contribution is 2.50. The largest absolute Gasteiger partial charge is 0.305 e. The lowest BCUT2D eigenvalue weighted by molar-refractivity contribution is -0.123. The molecule has 0 unspecified atom stereocenters. The van der Waals surface area contributed by atoms with Crippen LogP contribution < -0.4 is 4.90 Å². The number of para-hydroxylation sites is 1. The second-order valence-electron chi connectivity index (χ2n) is 11.6. The summed E-state index contributed by atoms with van der Waals surface area (Å²) in [7, 11) is 0. The number of hydrogen-bond donors (Lipinski definition) is 0. The van der Waals surface area contributed by atoms with E-state index in [1.165, 1.54) is 10.5 Å². The quantitative estimate of drug-likeness (QED) is 0.281. The van der Waals surface area contributed by atoms with Gasteiger partial charge in [0.25, 0.3) is 17.7 Å². The lowest BCUT2D eigenvalue weighted by Gasteiger charge is -2.52. The average Bonchev–Trinajstić information content (AvgIpc) is 3.21. The highest BCUT2D eigenvalue weighted by atomic mass is 16.2. The van der Waals surface area contributed by atoms with E-state index in [2.05, 4.69) is 39.0 Å². The first-order valence-corrected chi connectivity index (χ1v) is 13.7. The molecule has 4 aromatic rings. The highest BCUT2D eigenvalue weighted by molar-refractivity contribution is 6.23. The number of hydrogen-bond acceptors (Lipinski definition) is 3. The smallest absolute Gasteiger partial charge is 0.262 e. The zero-order valence-corrected chi connectivity index (χ0v) is 23.0. The van der Waals surface area contributed by atoms with Gasteiger partial charge in [-0.25, -0.2) is 0 Å². The molecule has 0 radical (unpaired) electrons. The van der Waals surface area contributed by atoms with Gasteiger partial charge in [-0.15, -0.1) is 0 Å². The lowest BCUT2D eigenvalue weighted by Crippen LogP contribution is -2.61. The molecule has 0 saturated carbocycles. The van der Waals surface area contributed by atoms with Gasteiger partial charge in [0.2, 0.25) is 0 Å². The average molecular weight is 529 g/mol. The summed E-state index contributed by atoms with van der Waals surface area (Å²) in [4.78, 5) is 45.2. The third-order valence-electron chi connectivity index (χ3n) is 8.46. The van der Waals surface area contributed by atoms with Gasteiger partial charge in [-0.1, -0.05) is 97.9 Å². The van der Waals surface area contributed by atoms with E-state index < -0.39 is 23.4 Å². The summed E-state index contributed by atoms with van der Waals surface area (Å²) >= 11 is 0. The molecule has 5 nitrogen and oxygen atoms in total. The van der Waals surface area contributed by atoms with E-state index in [0.717, 1.165) is 16.8 Å². The van der Waals surface area contributed by atoms with Crippen molar-refractivity contribution in [2.75, 3.05) is 4.90 Å². The van der Waals surface area contributed by atoms with Gasteiger partial charge in [0, 0.05) is 23.1 Å². The molecule has 0 aromatic heterocycles. The number of nitrogens with zero attached hydrogens (tertiary/aromatic N) is 2. The summed E-state index contributed by atoms with van der Waals surface area (Å²) in [5.74, 6) is -1.11. The maximum Gasteiger partial charge on any atom is 0.262 e. The molecule has 2 heterocycles. The van der Waals surface area contributed by atoms with Crippen LogP contribution in [0.4, 0.5) is 5.69 Å². The Balaban J connectivity index is 1.48. The van der Waals surface area contributed by atoms with Gasteiger partial charge in [0.1, 0.15) is 6.04 Å². The Bertz CT molecular complexity index is 1580. The molecule has 6 rings (SSSR count). The number of carbonyl (C=O) groups excluding carboxylic acids is 3. The van der Waals surface area contributed by atoms with Crippen molar-refractivity contribution in [3.63, 3.8) is 0 Å². The first-order chi connectivity index (χ1) is 19.2. The Hall–Kier alpha value is -4.51. The molecule has 5 heteroatoms. The number of fused-ring (bicyclic) bond motifs is 2. The fourth-order valence-corrected chi connectivity index (χ4v) is 6.75. The molecular formula is C35H32N2O3. The summed E-state index contributed by atoms with van der Waals surface area (Å²) in [6.45, 7) is 6.38. The summed E-state index contributed by atoms with van der Waals surface area (Å²) in [6, 6.07) is 33.8. The summed E-state index contributed by atoms with van der Waals surface area (Å²) < 4.78 is 0. The molecule has 0 aliphatic carbocycles. The molecule has 0 spiro atoms. The van der Waals surface area contributed by atoms with Gasteiger partial charge < -0.3 is 4.90 Å². The van der Waals surface area contributed by atoms with Crippen LogP contribution in [-0.2, 0) is 16.6 Å². The van der Waals surface area contributed by atoms with Gasteiger partial charge in [0.15, 0.2) is 0 Å². The normalized spacial score (nSPS) is 20.2. The predicted molar refractivity (Wildman–Crippen MR) is 156 cm³/mol. The highest BCUT2D eigenvalue weighted by Gasteiger charge is 2.51. The maximum atomic E-state index is 14.8. The van der Waals surface area contributed by atoms with Crippen molar-refractivity contribution in [1.82, 2.24) is 4.90 Å². The van der Waals surface area contributed by atoms with Crippen molar-refractivity contribution < 1.29 is 14.4 Å². The Morgan fingerprint density at radius 3 is 1.88 bits per heavy atom. The molecule has 2 aliphatic rings. The van der Waals surface area contributed by atoms with Gasteiger partial charge in [-0.3, -0.25) is 19.3 Å². The van der Waals surface area contributed by atoms with E-state index in [0.29, 0.717) is 17.5 Å². The Morgan fingerprint density at radius 2 is 1.25 bits per heavy atom. The molecule has 200 valence electrons. The maximum absolute atomic E-state index is 14.8. The van der Waals surface area contributed by atoms with Crippen LogP contribution in [0.2, 0.25) is 0 Å². The molecule has 4 aromatic carbocycles. The van der Waals surface area contributed by atoms with E-state index in [4.69, 9.17) is 0 Å². The van der Waals surface area contributed by atoms with Crippen molar-refractivity contribution in [2.24, 2.45) is 0 Å². The van der Waals surface area contributed by atoms with Crippen LogP contribution in [0, 0.1) is 0 Å². The third kappa shape index (κ3) is 4.04. The van der Waals surface area contributed by atoms with E-state index in [-0.39, 0.29) is 17.7 Å². The Kier molecular flexibility index (Phi) is 6.18. The number of rotatable bonds is 5. The summed E-state index contributed by atoms with van der Waals surface area (Å²) in [5, 5.41) is 0. The monoisotopic (exact) mass is 528 g/mol. The van der Waals surface area contributed by atoms with Crippen LogP contribution in [-0.4, -0.2) is 34.2 Å². The minimum absolute atomic E-state index is 0.232. The topological polar surface area (TPSA) is 57.7 Å². The number of carbonyl (C=O) groups is 3. The van der Waals surface area contributed by atoms with Crippen molar-refractivity contribution in [3.05, 3.63) is 137 Å². The predicted octanol–water partition coefficient (Wildman–Crippen LogP) is 6.42. The molecule has 2 aliphatic heterocycles. The zero-order chi connectivity index (χ0) is 28.1. The summed E-state index contributed by atoms with van der Waals surface area (Å²) in [5.41, 5.74) is 3.67. The SMILES string of the molecule is CC1(C)C[C@@](C)(c2ccccc2)c2ccccc2N1C(=O)[C@@H](Cc1ccccc1)N1C(=O)c2ccccc2C1=O. The molecule has 2 atom stereocenters. The van der Waals surface area contributed by atoms with Gasteiger partial charge >= 0.3 is 0 Å². The molecular weight excluding hydrogens is 496 g/mol. The van der Waals surface area contributed by atoms with Gasteiger partial charge in [0.05, 0.1) is 11.1 Å². The van der Waals surface area contributed by atoms with Crippen LogP contribution >= 0.6 is 0 Å². The van der Waals surface area contributed by atoms with E-state index in [1.54, 1.807) is 24.3 Å². The van der Waals surface area contributed by atoms with Crippen molar-refractivity contribution >= 4 is 23.4 Å². The minimum Gasteiger partial charge on any atom is -0.305 e. The standard InChI is InChI=1S/C35H32N2O3/c1-34(2)23-35(3,25-16-8-5-9-17-25)28-20-12-13-21-29(28)37(34)33(40)30(22-24-14-6-4-7-15-24)36-31(38)26-18-10-11-19-27(26)32(36)39/h4-21,30H,22-23H2,1-3H3/t30-,35+/m1/s1. The van der Waals surface area contributed by atoms with Gasteiger partial charge in [-0.2, -0.15) is 0 Å². The van der Waals surface area contributed by atoms with Crippen LogP contribution in [0.25, 0.3) is 0 Å². The molecule has 3 amide bonds. The Labute approximate surface area is 235 Å². The van der Waals surface area contributed by atoms with Crippen molar-refractivity contribution in [1.29, 1.82) is 0 Å². The van der Waals surface area contributed by atoms with Gasteiger partial charge in [-0.05, 0) is 55.2 Å². The minimum atomic E-state index is -0.997. The van der Waals surface area contributed by atoms with Crippen LogP contribution in [0.1, 0.15) is 64.6 Å². The number of benzene rings is 4. The van der Waals surface area contributed by atoms with Crippen LogP contribution in [0.15, 0.2) is 109 Å². The second kappa shape index (κ2) is 9.60. The number of amides is 3. The van der Waals surface area contributed by atoms with E-state index >= 15 is 0 Å². The molecule has 0 saturated heterocycles. The molecule has 0 fully saturated rings. The third-order valence-corrected chi connectivity index (χ3v) is 8.46. The Morgan fingerprint density at radius 1 is 0.725 bits per heavy atom. The second-order valence-corrected chi connectivity index (χ2v) is 11.6. The fraction of sp³-hybridized carbons (Fsp3) is 0.229. The van der Waals surface area contributed by atoms with Crippen molar-refractivity contribution in [3.8, 4) is 0 Å². The molecule has 0 bridgehead atoms.